The number of ether oxygens (including phenoxy) is 1. The summed E-state index contributed by atoms with van der Waals surface area (Å²) in [6.45, 7) is 3.98. The third-order valence-electron chi connectivity index (χ3n) is 4.32. The van der Waals surface area contributed by atoms with Gasteiger partial charge in [0.25, 0.3) is 5.91 Å². The summed E-state index contributed by atoms with van der Waals surface area (Å²) in [7, 11) is 0. The Morgan fingerprint density at radius 1 is 1.04 bits per heavy atom. The first kappa shape index (κ1) is 18.8. The highest BCUT2D eigenvalue weighted by Crippen LogP contribution is 2.17. The van der Waals surface area contributed by atoms with Gasteiger partial charge in [0.05, 0.1) is 12.2 Å². The van der Waals surface area contributed by atoms with Crippen molar-refractivity contribution in [3.05, 3.63) is 59.3 Å². The number of aromatic nitrogens is 1. The van der Waals surface area contributed by atoms with Gasteiger partial charge in [0.2, 0.25) is 0 Å². The van der Waals surface area contributed by atoms with Crippen LogP contribution < -0.4 is 4.90 Å². The van der Waals surface area contributed by atoms with Crippen LogP contribution in [0.2, 0.25) is 0 Å². The minimum Gasteiger partial charge on any atom is -0.462 e. The summed E-state index contributed by atoms with van der Waals surface area (Å²) in [6.07, 6.45) is 1.46. The lowest BCUT2D eigenvalue weighted by molar-refractivity contribution is 0.0525. The number of nitrogens with zero attached hydrogens (tertiary/aromatic N) is 3. The second-order valence-electron chi connectivity index (χ2n) is 6.03. The molecule has 0 spiro atoms. The second-order valence-corrected chi connectivity index (χ2v) is 6.03. The molecular formula is C19H19F2N3O3. The molecule has 0 unspecified atom stereocenters. The van der Waals surface area contributed by atoms with Crippen molar-refractivity contribution in [2.24, 2.45) is 0 Å². The molecule has 6 nitrogen and oxygen atoms in total. The van der Waals surface area contributed by atoms with Gasteiger partial charge in [0, 0.05) is 37.9 Å². The molecule has 1 aromatic carbocycles. The minimum absolute atomic E-state index is 0.124. The highest BCUT2D eigenvalue weighted by molar-refractivity contribution is 5.94. The topological polar surface area (TPSA) is 62.7 Å². The Morgan fingerprint density at radius 2 is 1.74 bits per heavy atom. The summed E-state index contributed by atoms with van der Waals surface area (Å²) in [5.41, 5.74) is 0.506. The maximum Gasteiger partial charge on any atom is 0.339 e. The largest absolute Gasteiger partial charge is 0.462 e. The lowest BCUT2D eigenvalue weighted by Crippen LogP contribution is -2.49. The van der Waals surface area contributed by atoms with E-state index < -0.39 is 17.6 Å². The van der Waals surface area contributed by atoms with Gasteiger partial charge in [-0.25, -0.2) is 18.6 Å². The van der Waals surface area contributed by atoms with E-state index >= 15 is 0 Å². The van der Waals surface area contributed by atoms with Crippen LogP contribution in [-0.4, -0.2) is 54.5 Å². The van der Waals surface area contributed by atoms with Gasteiger partial charge in [-0.15, -0.1) is 0 Å². The number of carbonyl (C=O) groups excluding carboxylic acids is 2. The molecule has 27 heavy (non-hydrogen) atoms. The van der Waals surface area contributed by atoms with E-state index in [0.29, 0.717) is 44.2 Å². The average Bonchev–Trinajstić information content (AvgIpc) is 2.70. The van der Waals surface area contributed by atoms with Gasteiger partial charge in [-0.05, 0) is 37.3 Å². The molecule has 0 aliphatic carbocycles. The summed E-state index contributed by atoms with van der Waals surface area (Å²) in [4.78, 5) is 32.0. The Hall–Kier alpha value is -3.03. The smallest absolute Gasteiger partial charge is 0.339 e. The van der Waals surface area contributed by atoms with Crippen molar-refractivity contribution in [2.75, 3.05) is 37.7 Å². The van der Waals surface area contributed by atoms with Crippen molar-refractivity contribution in [1.82, 2.24) is 9.88 Å². The highest BCUT2D eigenvalue weighted by atomic mass is 19.2. The van der Waals surface area contributed by atoms with Crippen LogP contribution in [0.25, 0.3) is 0 Å². The van der Waals surface area contributed by atoms with Crippen LogP contribution in [0.1, 0.15) is 27.6 Å². The van der Waals surface area contributed by atoms with Crippen molar-refractivity contribution >= 4 is 17.7 Å². The lowest BCUT2D eigenvalue weighted by atomic mass is 10.1. The molecule has 1 aliphatic rings. The SMILES string of the molecule is CCOC(=O)c1ccc(N2CCN(C(=O)c3ccc(F)c(F)c3)CC2)nc1. The van der Waals surface area contributed by atoms with E-state index in [4.69, 9.17) is 4.74 Å². The fourth-order valence-corrected chi connectivity index (χ4v) is 2.86. The molecular weight excluding hydrogens is 356 g/mol. The Morgan fingerprint density at radius 3 is 2.33 bits per heavy atom. The number of piperazine rings is 1. The molecule has 1 amide bonds. The summed E-state index contributed by atoms with van der Waals surface area (Å²) in [6, 6.07) is 6.54. The van der Waals surface area contributed by atoms with E-state index in [1.165, 1.54) is 12.3 Å². The van der Waals surface area contributed by atoms with E-state index in [0.717, 1.165) is 12.1 Å². The molecule has 0 radical (unpaired) electrons. The molecule has 0 N–H and O–H groups in total. The van der Waals surface area contributed by atoms with Gasteiger partial charge in [-0.1, -0.05) is 0 Å². The molecule has 0 atom stereocenters. The van der Waals surface area contributed by atoms with Gasteiger partial charge in [0.15, 0.2) is 11.6 Å². The van der Waals surface area contributed by atoms with E-state index in [-0.39, 0.29) is 11.5 Å². The number of hydrogen-bond acceptors (Lipinski definition) is 5. The molecule has 3 rings (SSSR count). The van der Waals surface area contributed by atoms with Crippen LogP contribution in [0.4, 0.5) is 14.6 Å². The third kappa shape index (κ3) is 4.21. The first-order valence-electron chi connectivity index (χ1n) is 8.62. The van der Waals surface area contributed by atoms with Crippen molar-refractivity contribution in [1.29, 1.82) is 0 Å². The number of benzene rings is 1. The zero-order valence-electron chi connectivity index (χ0n) is 14.8. The standard InChI is InChI=1S/C19H19F2N3O3/c1-2-27-19(26)14-4-6-17(22-12-14)23-7-9-24(10-8-23)18(25)13-3-5-15(20)16(21)11-13/h3-6,11-12H,2,7-10H2,1H3. The van der Waals surface area contributed by atoms with Crippen molar-refractivity contribution in [2.45, 2.75) is 6.92 Å². The molecule has 0 bridgehead atoms. The Labute approximate surface area is 155 Å². The van der Waals surface area contributed by atoms with Crippen LogP contribution in [0.15, 0.2) is 36.5 Å². The number of halogens is 2. The number of esters is 1. The zero-order valence-corrected chi connectivity index (χ0v) is 14.8. The predicted octanol–water partition coefficient (Wildman–Crippen LogP) is 2.50. The van der Waals surface area contributed by atoms with Crippen LogP contribution in [0.5, 0.6) is 0 Å². The first-order valence-corrected chi connectivity index (χ1v) is 8.62. The van der Waals surface area contributed by atoms with Gasteiger partial charge in [-0.3, -0.25) is 4.79 Å². The maximum atomic E-state index is 13.3. The van der Waals surface area contributed by atoms with Gasteiger partial charge in [0.1, 0.15) is 5.82 Å². The van der Waals surface area contributed by atoms with Gasteiger partial charge < -0.3 is 14.5 Å². The molecule has 1 fully saturated rings. The number of anilines is 1. The second kappa shape index (κ2) is 8.11. The van der Waals surface area contributed by atoms with Crippen molar-refractivity contribution in [3.8, 4) is 0 Å². The molecule has 1 saturated heterocycles. The van der Waals surface area contributed by atoms with Gasteiger partial charge in [-0.2, -0.15) is 0 Å². The first-order chi connectivity index (χ1) is 13.0. The normalized spacial score (nSPS) is 14.2. The lowest BCUT2D eigenvalue weighted by Gasteiger charge is -2.35. The van der Waals surface area contributed by atoms with E-state index in [9.17, 15) is 18.4 Å². The summed E-state index contributed by atoms with van der Waals surface area (Å²) < 4.78 is 31.3. The molecule has 2 aromatic rings. The molecule has 8 heteroatoms. The number of pyridine rings is 1. The number of amides is 1. The van der Waals surface area contributed by atoms with Crippen LogP contribution in [0, 0.1) is 11.6 Å². The Bertz CT molecular complexity index is 835. The summed E-state index contributed by atoms with van der Waals surface area (Å²) >= 11 is 0. The van der Waals surface area contributed by atoms with E-state index in [1.807, 2.05) is 4.90 Å². The fourth-order valence-electron chi connectivity index (χ4n) is 2.86. The number of rotatable bonds is 4. The van der Waals surface area contributed by atoms with E-state index in [1.54, 1.807) is 24.0 Å². The molecule has 142 valence electrons. The minimum atomic E-state index is -1.04. The predicted molar refractivity (Wildman–Crippen MR) is 94.7 cm³/mol. The van der Waals surface area contributed by atoms with Crippen LogP contribution in [0.3, 0.4) is 0 Å². The monoisotopic (exact) mass is 375 g/mol. The average molecular weight is 375 g/mol. The molecule has 2 heterocycles. The van der Waals surface area contributed by atoms with Crippen molar-refractivity contribution in [3.63, 3.8) is 0 Å². The van der Waals surface area contributed by atoms with E-state index in [2.05, 4.69) is 4.98 Å². The zero-order chi connectivity index (χ0) is 19.4. The highest BCUT2D eigenvalue weighted by Gasteiger charge is 2.23. The fraction of sp³-hybridized carbons (Fsp3) is 0.316. The Balaban J connectivity index is 1.60. The quantitative estimate of drug-likeness (QED) is 0.769. The number of carbonyl (C=O) groups is 2. The summed E-state index contributed by atoms with van der Waals surface area (Å²) in [5.74, 6) is -2.07. The summed E-state index contributed by atoms with van der Waals surface area (Å²) in [5, 5.41) is 0. The van der Waals surface area contributed by atoms with Crippen molar-refractivity contribution < 1.29 is 23.1 Å². The van der Waals surface area contributed by atoms with Gasteiger partial charge >= 0.3 is 5.97 Å². The molecule has 1 aromatic heterocycles. The third-order valence-corrected chi connectivity index (χ3v) is 4.32. The molecule has 1 aliphatic heterocycles. The van der Waals surface area contributed by atoms with Crippen LogP contribution >= 0.6 is 0 Å². The maximum absolute atomic E-state index is 13.3. The molecule has 0 saturated carbocycles. The van der Waals surface area contributed by atoms with Crippen LogP contribution in [-0.2, 0) is 4.74 Å². The Kier molecular flexibility index (Phi) is 5.63. The number of hydrogen-bond donors (Lipinski definition) is 0.